The summed E-state index contributed by atoms with van der Waals surface area (Å²) >= 11 is 0. The van der Waals surface area contributed by atoms with Gasteiger partial charge in [0.25, 0.3) is 0 Å². The van der Waals surface area contributed by atoms with Crippen molar-refractivity contribution in [3.05, 3.63) is 113 Å². The minimum atomic E-state index is -1.53. The van der Waals surface area contributed by atoms with E-state index in [4.69, 9.17) is 14.2 Å². The highest BCUT2D eigenvalue weighted by atomic mass is 19.1. The second-order valence-electron chi connectivity index (χ2n) is 17.1. The number of nitrogens with zero attached hydrogens (tertiary/aromatic N) is 9. The zero-order chi connectivity index (χ0) is 42.7. The summed E-state index contributed by atoms with van der Waals surface area (Å²) in [4.78, 5) is 35.9. The normalized spacial score (nSPS) is 21.6. The van der Waals surface area contributed by atoms with Gasteiger partial charge in [0.2, 0.25) is 5.79 Å². The Morgan fingerprint density at radius 1 is 0.934 bits per heavy atom. The number of ether oxygens (including phenoxy) is 3. The number of likely N-dealkylation sites (tertiary alicyclic amines) is 1. The number of piperazine rings is 1. The molecule has 1 N–H and O–H groups in total. The van der Waals surface area contributed by atoms with Crippen molar-refractivity contribution in [2.45, 2.75) is 71.1 Å². The number of hydrogen-bond donors (Lipinski definition) is 1. The second-order valence-corrected chi connectivity index (χ2v) is 17.1. The molecule has 0 bridgehead atoms. The van der Waals surface area contributed by atoms with Gasteiger partial charge >= 0.3 is 11.7 Å². The average Bonchev–Trinajstić information content (AvgIpc) is 4.08. The van der Waals surface area contributed by atoms with Gasteiger partial charge in [-0.3, -0.25) is 9.69 Å². The van der Waals surface area contributed by atoms with E-state index in [1.54, 1.807) is 15.6 Å². The van der Waals surface area contributed by atoms with E-state index in [0.717, 1.165) is 68.7 Å². The molecule has 61 heavy (non-hydrogen) atoms. The highest BCUT2D eigenvalue weighted by Gasteiger charge is 2.46. The van der Waals surface area contributed by atoms with Crippen LogP contribution in [0.25, 0.3) is 5.69 Å². The number of anilines is 2. The van der Waals surface area contributed by atoms with E-state index in [9.17, 15) is 23.5 Å². The molecule has 0 saturated carbocycles. The Labute approximate surface area is 353 Å². The molecule has 0 aliphatic carbocycles. The van der Waals surface area contributed by atoms with Gasteiger partial charge in [0.05, 0.1) is 25.3 Å². The summed E-state index contributed by atoms with van der Waals surface area (Å²) in [5.41, 5.74) is 2.67. The predicted molar refractivity (Wildman–Crippen MR) is 223 cm³/mol. The minimum Gasteiger partial charge on any atom is -0.491 e. The third kappa shape index (κ3) is 9.48. The quantitative estimate of drug-likeness (QED) is 0.148. The van der Waals surface area contributed by atoms with Gasteiger partial charge in [-0.25, -0.2) is 32.5 Å². The summed E-state index contributed by atoms with van der Waals surface area (Å²) in [5.74, 6) is -3.02. The van der Waals surface area contributed by atoms with Crippen LogP contribution in [0.2, 0.25) is 0 Å². The van der Waals surface area contributed by atoms with Crippen LogP contribution in [0.1, 0.15) is 45.6 Å². The van der Waals surface area contributed by atoms with E-state index in [-0.39, 0.29) is 54.8 Å². The van der Waals surface area contributed by atoms with Gasteiger partial charge in [-0.15, -0.1) is 0 Å². The fraction of sp³-hybridized carbons (Fsp3) is 0.477. The van der Waals surface area contributed by atoms with Crippen molar-refractivity contribution in [2.75, 3.05) is 62.3 Å². The number of halogens is 2. The van der Waals surface area contributed by atoms with E-state index < -0.39 is 29.5 Å². The predicted octanol–water partition coefficient (Wildman–Crippen LogP) is 5.18. The third-order valence-electron chi connectivity index (χ3n) is 12.2. The smallest absolute Gasteiger partial charge is 0.350 e. The molecule has 17 heteroatoms. The monoisotopic (exact) mass is 841 g/mol. The third-order valence-corrected chi connectivity index (χ3v) is 12.2. The molecule has 5 aromatic rings. The Bertz CT molecular complexity index is 2310. The van der Waals surface area contributed by atoms with Crippen LogP contribution in [-0.2, 0) is 33.1 Å². The largest absolute Gasteiger partial charge is 0.491 e. The van der Waals surface area contributed by atoms with E-state index >= 15 is 0 Å². The van der Waals surface area contributed by atoms with E-state index in [0.29, 0.717) is 18.8 Å². The van der Waals surface area contributed by atoms with Crippen molar-refractivity contribution >= 4 is 17.3 Å². The Balaban J connectivity index is 0.835. The van der Waals surface area contributed by atoms with Crippen LogP contribution in [-0.4, -0.2) is 110 Å². The molecule has 3 aliphatic heterocycles. The molecule has 4 atom stereocenters. The van der Waals surface area contributed by atoms with Crippen LogP contribution in [0.15, 0.2) is 90.5 Å². The lowest BCUT2D eigenvalue weighted by Gasteiger charge is -2.39. The maximum atomic E-state index is 15.0. The summed E-state index contributed by atoms with van der Waals surface area (Å²) in [6.45, 7) is 12.0. The first kappa shape index (κ1) is 42.1. The van der Waals surface area contributed by atoms with Gasteiger partial charge in [-0.05, 0) is 91.4 Å². The maximum absolute atomic E-state index is 15.0. The Morgan fingerprint density at radius 2 is 1.62 bits per heavy atom. The Morgan fingerprint density at radius 3 is 2.26 bits per heavy atom. The molecule has 324 valence electrons. The number of carboxylic acid groups (broad SMARTS) is 1. The van der Waals surface area contributed by atoms with Crippen molar-refractivity contribution < 1.29 is 32.9 Å². The molecule has 0 radical (unpaired) electrons. The zero-order valence-electron chi connectivity index (χ0n) is 34.8. The average molecular weight is 842 g/mol. The van der Waals surface area contributed by atoms with Crippen molar-refractivity contribution in [1.82, 2.24) is 34.0 Å². The molecule has 4 unspecified atom stereocenters. The first-order chi connectivity index (χ1) is 29.3. The maximum Gasteiger partial charge on any atom is 0.350 e. The van der Waals surface area contributed by atoms with Gasteiger partial charge in [0.1, 0.15) is 55.6 Å². The number of carboxylic acids is 1. The van der Waals surface area contributed by atoms with Gasteiger partial charge in [-0.2, -0.15) is 10.2 Å². The lowest BCUT2D eigenvalue weighted by Crippen LogP contribution is -2.46. The zero-order valence-corrected chi connectivity index (χ0v) is 34.8. The summed E-state index contributed by atoms with van der Waals surface area (Å²) in [5, 5.41) is 17.9. The van der Waals surface area contributed by atoms with Crippen LogP contribution in [0, 0.1) is 23.0 Å². The van der Waals surface area contributed by atoms with Crippen LogP contribution in [0.3, 0.4) is 0 Å². The molecule has 0 spiro atoms. The summed E-state index contributed by atoms with van der Waals surface area (Å²) in [6.07, 6.45) is 6.01. The standard InChI is InChI=1S/C44H53F2N9O6/c1-43(2,3)38(40-5-4-17-52(40)18-16-41(56)57)24-55-42(58)54(30-49-55)34-9-7-32(8-10-34)50-19-21-51(22-20-50)33-11-13-35(14-12-33)59-25-36-26-60-44(61-36,27-53-29-47-28-48-53)37-15-6-31(45)23-39(37)46/h6-15,23,28-30,36,38,40H,4-5,16-22,24-27H2,1-3H3,(H,56,57). The highest BCUT2D eigenvalue weighted by Crippen LogP contribution is 2.39. The van der Waals surface area contributed by atoms with Crippen LogP contribution in [0.4, 0.5) is 20.2 Å². The second kappa shape index (κ2) is 17.8. The van der Waals surface area contributed by atoms with Crippen LogP contribution < -0.4 is 20.2 Å². The minimum absolute atomic E-state index is 0.0206. The van der Waals surface area contributed by atoms with Crippen molar-refractivity contribution in [1.29, 1.82) is 0 Å². The van der Waals surface area contributed by atoms with Gasteiger partial charge in [0.15, 0.2) is 0 Å². The molecule has 5 heterocycles. The number of aliphatic carboxylic acids is 1. The molecule has 3 saturated heterocycles. The molecule has 3 aliphatic rings. The number of benzene rings is 3. The van der Waals surface area contributed by atoms with Gasteiger partial charge in [0, 0.05) is 61.8 Å². The molecular weight excluding hydrogens is 789 g/mol. The van der Waals surface area contributed by atoms with Crippen LogP contribution >= 0.6 is 0 Å². The summed E-state index contributed by atoms with van der Waals surface area (Å²) < 4.78 is 51.7. The molecule has 2 aromatic heterocycles. The van der Waals surface area contributed by atoms with Crippen LogP contribution in [0.5, 0.6) is 5.75 Å². The topological polar surface area (TPSA) is 145 Å². The number of aromatic nitrogens is 6. The molecule has 3 fully saturated rings. The molecule has 8 rings (SSSR count). The van der Waals surface area contributed by atoms with Crippen molar-refractivity contribution in [3.8, 4) is 11.4 Å². The van der Waals surface area contributed by atoms with Gasteiger partial charge < -0.3 is 29.1 Å². The molecule has 0 amide bonds. The molecule has 15 nitrogen and oxygen atoms in total. The fourth-order valence-corrected chi connectivity index (χ4v) is 8.89. The number of hydrogen-bond acceptors (Lipinski definition) is 11. The van der Waals surface area contributed by atoms with E-state index in [1.165, 1.54) is 29.5 Å². The van der Waals surface area contributed by atoms with Crippen molar-refractivity contribution in [3.63, 3.8) is 0 Å². The number of carbonyl (C=O) groups is 1. The van der Waals surface area contributed by atoms with Crippen molar-refractivity contribution in [2.24, 2.45) is 11.3 Å². The summed E-state index contributed by atoms with van der Waals surface area (Å²) in [6, 6.07) is 19.4. The van der Waals surface area contributed by atoms with Gasteiger partial charge in [-0.1, -0.05) is 20.8 Å². The SMILES string of the molecule is CC(C)(C)C(Cn1ncn(-c2ccc(N3CCN(c4ccc(OCC5COC(Cn6cncn6)(c6ccc(F)cc6F)O5)cc4)CC3)cc2)c1=O)C1CCCN1CCC(=O)O. The summed E-state index contributed by atoms with van der Waals surface area (Å²) in [7, 11) is 0. The van der Waals surface area contributed by atoms with E-state index in [2.05, 4.69) is 50.7 Å². The number of rotatable bonds is 15. The molecule has 3 aromatic carbocycles. The lowest BCUT2D eigenvalue weighted by atomic mass is 9.75. The first-order valence-electron chi connectivity index (χ1n) is 20.9. The molecular formula is C44H53F2N9O6. The van der Waals surface area contributed by atoms with E-state index in [1.807, 2.05) is 48.5 Å². The highest BCUT2D eigenvalue weighted by molar-refractivity contribution is 5.66. The fourth-order valence-electron chi connectivity index (χ4n) is 8.89. The Kier molecular flexibility index (Phi) is 12.2. The first-order valence-corrected chi connectivity index (χ1v) is 20.9. The Hall–Kier alpha value is -5.65. The lowest BCUT2D eigenvalue weighted by molar-refractivity contribution is -0.192.